The molecule has 1 atom stereocenters. The monoisotopic (exact) mass is 289 g/mol. The summed E-state index contributed by atoms with van der Waals surface area (Å²) >= 11 is 0. The molecule has 0 spiro atoms. The molecule has 1 aromatic rings. The van der Waals surface area contributed by atoms with Crippen molar-refractivity contribution in [2.75, 3.05) is 23.3 Å². The van der Waals surface area contributed by atoms with Gasteiger partial charge in [0.2, 0.25) is 5.91 Å². The maximum Gasteiger partial charge on any atom is 0.241 e. The fourth-order valence-electron chi connectivity index (χ4n) is 2.52. The highest BCUT2D eigenvalue weighted by molar-refractivity contribution is 5.95. The molecule has 1 heterocycles. The SMILES string of the molecule is CC(C)(C)[C@@H](N)C(=O)Nc1ccc(N2CCCCC2)cc1. The summed E-state index contributed by atoms with van der Waals surface area (Å²) in [5.41, 5.74) is 7.77. The third kappa shape index (κ3) is 4.21. The largest absolute Gasteiger partial charge is 0.372 e. The molecule has 0 bridgehead atoms. The fourth-order valence-corrected chi connectivity index (χ4v) is 2.52. The van der Waals surface area contributed by atoms with Gasteiger partial charge in [-0.3, -0.25) is 4.79 Å². The van der Waals surface area contributed by atoms with Crippen molar-refractivity contribution < 1.29 is 4.79 Å². The molecule has 0 saturated carbocycles. The lowest BCUT2D eigenvalue weighted by Crippen LogP contribution is -2.45. The summed E-state index contributed by atoms with van der Waals surface area (Å²) in [6.45, 7) is 8.16. The van der Waals surface area contributed by atoms with Gasteiger partial charge in [0.25, 0.3) is 0 Å². The average Bonchev–Trinajstić information content (AvgIpc) is 2.47. The summed E-state index contributed by atoms with van der Waals surface area (Å²) in [4.78, 5) is 14.5. The smallest absolute Gasteiger partial charge is 0.241 e. The number of rotatable bonds is 3. The molecule has 4 nitrogen and oxygen atoms in total. The number of benzene rings is 1. The molecule has 1 saturated heterocycles. The molecular formula is C17H27N3O. The first-order valence-corrected chi connectivity index (χ1v) is 7.79. The van der Waals surface area contributed by atoms with Crippen molar-refractivity contribution in [3.8, 4) is 0 Å². The van der Waals surface area contributed by atoms with Gasteiger partial charge in [0, 0.05) is 24.5 Å². The van der Waals surface area contributed by atoms with Gasteiger partial charge in [-0.15, -0.1) is 0 Å². The van der Waals surface area contributed by atoms with E-state index < -0.39 is 6.04 Å². The minimum Gasteiger partial charge on any atom is -0.372 e. The standard InChI is InChI=1S/C17H27N3O/c1-17(2,3)15(18)16(21)19-13-7-9-14(10-8-13)20-11-5-4-6-12-20/h7-10,15H,4-6,11-12,18H2,1-3H3,(H,19,21)/t15-/m0/s1. The normalized spacial score (nSPS) is 17.4. The van der Waals surface area contributed by atoms with Crippen molar-refractivity contribution in [1.29, 1.82) is 0 Å². The van der Waals surface area contributed by atoms with Crippen LogP contribution < -0.4 is 16.0 Å². The van der Waals surface area contributed by atoms with E-state index in [4.69, 9.17) is 5.73 Å². The quantitative estimate of drug-likeness (QED) is 0.899. The van der Waals surface area contributed by atoms with E-state index in [-0.39, 0.29) is 11.3 Å². The van der Waals surface area contributed by atoms with Gasteiger partial charge in [-0.25, -0.2) is 0 Å². The predicted octanol–water partition coefficient (Wildman–Crippen LogP) is 2.99. The van der Waals surface area contributed by atoms with Crippen LogP contribution >= 0.6 is 0 Å². The molecule has 3 N–H and O–H groups in total. The maximum absolute atomic E-state index is 12.1. The van der Waals surface area contributed by atoms with Crippen molar-refractivity contribution in [2.45, 2.75) is 46.1 Å². The number of nitrogens with zero attached hydrogens (tertiary/aromatic N) is 1. The second-order valence-electron chi connectivity index (χ2n) is 6.93. The molecule has 2 rings (SSSR count). The van der Waals surface area contributed by atoms with Crippen LogP contribution in [0, 0.1) is 5.41 Å². The first-order chi connectivity index (χ1) is 9.88. The van der Waals surface area contributed by atoms with Gasteiger partial charge in [0.05, 0.1) is 6.04 Å². The third-order valence-electron chi connectivity index (χ3n) is 4.07. The van der Waals surface area contributed by atoms with Gasteiger partial charge in [-0.05, 0) is 48.9 Å². The Hall–Kier alpha value is -1.55. The second kappa shape index (κ2) is 6.48. The number of amides is 1. The van der Waals surface area contributed by atoms with E-state index in [0.29, 0.717) is 0 Å². The summed E-state index contributed by atoms with van der Waals surface area (Å²) in [5.74, 6) is -0.131. The number of nitrogens with two attached hydrogens (primary N) is 1. The van der Waals surface area contributed by atoms with E-state index in [1.165, 1.54) is 24.9 Å². The molecule has 116 valence electrons. The van der Waals surface area contributed by atoms with E-state index in [1.54, 1.807) is 0 Å². The summed E-state index contributed by atoms with van der Waals surface area (Å²) in [6, 6.07) is 7.54. The molecule has 1 fully saturated rings. The number of anilines is 2. The molecule has 0 aromatic heterocycles. The lowest BCUT2D eigenvalue weighted by Gasteiger charge is -2.29. The molecule has 0 unspecified atom stereocenters. The highest BCUT2D eigenvalue weighted by Crippen LogP contribution is 2.23. The first kappa shape index (κ1) is 15.8. The number of carbonyl (C=O) groups excluding carboxylic acids is 1. The minimum absolute atomic E-state index is 0.131. The minimum atomic E-state index is -0.515. The number of nitrogens with one attached hydrogen (secondary N) is 1. The van der Waals surface area contributed by atoms with E-state index in [9.17, 15) is 4.79 Å². The van der Waals surface area contributed by atoms with Gasteiger partial charge < -0.3 is 16.0 Å². The summed E-state index contributed by atoms with van der Waals surface area (Å²) in [5, 5.41) is 2.90. The fraction of sp³-hybridized carbons (Fsp3) is 0.588. The van der Waals surface area contributed by atoms with Crippen LogP contribution in [0.25, 0.3) is 0 Å². The van der Waals surface area contributed by atoms with Crippen LogP contribution in [-0.4, -0.2) is 25.0 Å². The Labute approximate surface area is 127 Å². The molecule has 21 heavy (non-hydrogen) atoms. The topological polar surface area (TPSA) is 58.4 Å². The van der Waals surface area contributed by atoms with Crippen molar-refractivity contribution in [1.82, 2.24) is 0 Å². The summed E-state index contributed by atoms with van der Waals surface area (Å²) < 4.78 is 0. The highest BCUT2D eigenvalue weighted by Gasteiger charge is 2.27. The van der Waals surface area contributed by atoms with Gasteiger partial charge in [0.1, 0.15) is 0 Å². The number of piperidine rings is 1. The first-order valence-electron chi connectivity index (χ1n) is 7.79. The van der Waals surface area contributed by atoms with Crippen LogP contribution in [0.2, 0.25) is 0 Å². The Bertz CT molecular complexity index is 470. The highest BCUT2D eigenvalue weighted by atomic mass is 16.2. The zero-order valence-electron chi connectivity index (χ0n) is 13.4. The predicted molar refractivity (Wildman–Crippen MR) is 88.6 cm³/mol. The van der Waals surface area contributed by atoms with Crippen molar-refractivity contribution in [3.05, 3.63) is 24.3 Å². The van der Waals surface area contributed by atoms with E-state index >= 15 is 0 Å². The molecule has 0 aliphatic carbocycles. The van der Waals surface area contributed by atoms with Crippen LogP contribution in [0.1, 0.15) is 40.0 Å². The molecule has 0 radical (unpaired) electrons. The van der Waals surface area contributed by atoms with E-state index in [2.05, 4.69) is 22.3 Å². The molecule has 1 aliphatic rings. The zero-order valence-corrected chi connectivity index (χ0v) is 13.4. The summed E-state index contributed by atoms with van der Waals surface area (Å²) in [7, 11) is 0. The third-order valence-corrected chi connectivity index (χ3v) is 4.07. The molecule has 1 aliphatic heterocycles. The summed E-state index contributed by atoms with van der Waals surface area (Å²) in [6.07, 6.45) is 3.85. The molecule has 4 heteroatoms. The van der Waals surface area contributed by atoms with Crippen molar-refractivity contribution in [2.24, 2.45) is 11.1 Å². The zero-order chi connectivity index (χ0) is 15.5. The number of carbonyl (C=O) groups is 1. The van der Waals surface area contributed by atoms with Crippen LogP contribution in [0.4, 0.5) is 11.4 Å². The maximum atomic E-state index is 12.1. The van der Waals surface area contributed by atoms with Gasteiger partial charge in [-0.2, -0.15) is 0 Å². The lowest BCUT2D eigenvalue weighted by atomic mass is 9.87. The van der Waals surface area contributed by atoms with Crippen molar-refractivity contribution >= 4 is 17.3 Å². The van der Waals surface area contributed by atoms with E-state index in [0.717, 1.165) is 18.8 Å². The van der Waals surface area contributed by atoms with Crippen LogP contribution in [0.3, 0.4) is 0 Å². The molecular weight excluding hydrogens is 262 g/mol. The molecule has 1 amide bonds. The number of hydrogen-bond donors (Lipinski definition) is 2. The van der Waals surface area contributed by atoms with Crippen molar-refractivity contribution in [3.63, 3.8) is 0 Å². The second-order valence-corrected chi connectivity index (χ2v) is 6.93. The lowest BCUT2D eigenvalue weighted by molar-refractivity contribution is -0.119. The Balaban J connectivity index is 1.97. The van der Waals surface area contributed by atoms with E-state index in [1.807, 2.05) is 32.9 Å². The van der Waals surface area contributed by atoms with Crippen LogP contribution in [-0.2, 0) is 4.79 Å². The Morgan fingerprint density at radius 3 is 2.24 bits per heavy atom. The van der Waals surface area contributed by atoms with Crippen LogP contribution in [0.5, 0.6) is 0 Å². The Morgan fingerprint density at radius 2 is 1.71 bits per heavy atom. The molecule has 1 aromatic carbocycles. The van der Waals surface area contributed by atoms with Gasteiger partial charge >= 0.3 is 0 Å². The Kier molecular flexibility index (Phi) is 4.88. The Morgan fingerprint density at radius 1 is 1.14 bits per heavy atom. The number of hydrogen-bond acceptors (Lipinski definition) is 3. The van der Waals surface area contributed by atoms with Gasteiger partial charge in [-0.1, -0.05) is 20.8 Å². The average molecular weight is 289 g/mol. The van der Waals surface area contributed by atoms with Crippen LogP contribution in [0.15, 0.2) is 24.3 Å². The van der Waals surface area contributed by atoms with Gasteiger partial charge in [0.15, 0.2) is 0 Å².